The fourth-order valence-electron chi connectivity index (χ4n) is 2.14. The van der Waals surface area contributed by atoms with Crippen LogP contribution in [0.1, 0.15) is 31.9 Å². The molecule has 1 rings (SSSR count). The number of hydrogen-bond acceptors (Lipinski definition) is 3. The summed E-state index contributed by atoms with van der Waals surface area (Å²) in [6.45, 7) is 5.48. The van der Waals surface area contributed by atoms with Gasteiger partial charge in [-0.05, 0) is 38.3 Å². The molecule has 0 unspecified atom stereocenters. The van der Waals surface area contributed by atoms with Crippen molar-refractivity contribution in [3.05, 3.63) is 23.3 Å². The van der Waals surface area contributed by atoms with Crippen molar-refractivity contribution in [3.8, 4) is 11.5 Å². The van der Waals surface area contributed by atoms with Gasteiger partial charge in [0.05, 0.1) is 19.6 Å². The van der Waals surface area contributed by atoms with E-state index in [4.69, 9.17) is 9.47 Å². The van der Waals surface area contributed by atoms with Crippen LogP contribution in [0.4, 0.5) is 0 Å². The van der Waals surface area contributed by atoms with Gasteiger partial charge in [-0.2, -0.15) is 0 Å². The molecule has 0 saturated carbocycles. The summed E-state index contributed by atoms with van der Waals surface area (Å²) in [6.07, 6.45) is 1.23. The largest absolute Gasteiger partial charge is 0.493 e. The predicted molar refractivity (Wildman–Crippen MR) is 74.0 cm³/mol. The first-order valence-electron chi connectivity index (χ1n) is 6.33. The van der Waals surface area contributed by atoms with Crippen LogP contribution in [0.2, 0.25) is 0 Å². The van der Waals surface area contributed by atoms with Gasteiger partial charge in [-0.1, -0.05) is 13.0 Å². The van der Waals surface area contributed by atoms with Gasteiger partial charge in [0.15, 0.2) is 11.5 Å². The number of aliphatic carboxylic acids is 1. The zero-order chi connectivity index (χ0) is 14.6. The first-order chi connectivity index (χ1) is 8.87. The molecule has 0 aliphatic heterocycles. The highest BCUT2D eigenvalue weighted by molar-refractivity contribution is 5.74. The Morgan fingerprint density at radius 2 is 1.89 bits per heavy atom. The van der Waals surface area contributed by atoms with Gasteiger partial charge in [-0.3, -0.25) is 4.79 Å². The van der Waals surface area contributed by atoms with Crippen molar-refractivity contribution >= 4 is 5.97 Å². The molecule has 0 radical (unpaired) electrons. The fraction of sp³-hybridized carbons (Fsp3) is 0.533. The third-order valence-corrected chi connectivity index (χ3v) is 3.31. The topological polar surface area (TPSA) is 55.8 Å². The van der Waals surface area contributed by atoms with E-state index in [1.807, 2.05) is 19.1 Å². The lowest BCUT2D eigenvalue weighted by atomic mass is 9.83. The van der Waals surface area contributed by atoms with Gasteiger partial charge in [0, 0.05) is 5.56 Å². The highest BCUT2D eigenvalue weighted by Crippen LogP contribution is 2.36. The number of rotatable bonds is 6. The maximum Gasteiger partial charge on any atom is 0.309 e. The number of carboxylic acids is 1. The number of hydrogen-bond donors (Lipinski definition) is 1. The van der Waals surface area contributed by atoms with E-state index in [2.05, 4.69) is 0 Å². The summed E-state index contributed by atoms with van der Waals surface area (Å²) in [5, 5.41) is 9.24. The minimum atomic E-state index is -0.802. The molecule has 0 amide bonds. The SMILES string of the molecule is CCc1c(CC(C)(C)C(=O)O)ccc(OC)c1OC. The summed E-state index contributed by atoms with van der Waals surface area (Å²) >= 11 is 0. The normalized spacial score (nSPS) is 11.2. The Morgan fingerprint density at radius 1 is 1.26 bits per heavy atom. The van der Waals surface area contributed by atoms with Crippen molar-refractivity contribution in [2.75, 3.05) is 14.2 Å². The first kappa shape index (κ1) is 15.3. The molecule has 1 N–H and O–H groups in total. The highest BCUT2D eigenvalue weighted by Gasteiger charge is 2.29. The molecule has 0 heterocycles. The molecule has 4 heteroatoms. The molecule has 0 bridgehead atoms. The second-order valence-corrected chi connectivity index (χ2v) is 5.16. The third-order valence-electron chi connectivity index (χ3n) is 3.31. The van der Waals surface area contributed by atoms with Crippen molar-refractivity contribution in [3.63, 3.8) is 0 Å². The van der Waals surface area contributed by atoms with Crippen LogP contribution >= 0.6 is 0 Å². The van der Waals surface area contributed by atoms with E-state index in [1.165, 1.54) is 0 Å². The predicted octanol–water partition coefficient (Wildman–Crippen LogP) is 2.92. The van der Waals surface area contributed by atoms with Crippen molar-refractivity contribution in [1.29, 1.82) is 0 Å². The van der Waals surface area contributed by atoms with Gasteiger partial charge in [-0.25, -0.2) is 0 Å². The number of carboxylic acid groups (broad SMARTS) is 1. The minimum Gasteiger partial charge on any atom is -0.493 e. The minimum absolute atomic E-state index is 0.464. The Morgan fingerprint density at radius 3 is 2.32 bits per heavy atom. The number of benzene rings is 1. The monoisotopic (exact) mass is 266 g/mol. The summed E-state index contributed by atoms with van der Waals surface area (Å²) in [5.41, 5.74) is 1.20. The van der Waals surface area contributed by atoms with Crippen LogP contribution in [0.3, 0.4) is 0 Å². The van der Waals surface area contributed by atoms with Crippen LogP contribution in [0, 0.1) is 5.41 Å². The van der Waals surface area contributed by atoms with E-state index in [0.717, 1.165) is 17.5 Å². The van der Waals surface area contributed by atoms with Gasteiger partial charge in [-0.15, -0.1) is 0 Å². The molecule has 19 heavy (non-hydrogen) atoms. The third kappa shape index (κ3) is 3.19. The van der Waals surface area contributed by atoms with Gasteiger partial charge in [0.2, 0.25) is 0 Å². The maximum absolute atomic E-state index is 11.2. The molecule has 0 spiro atoms. The van der Waals surface area contributed by atoms with Gasteiger partial charge in [0.25, 0.3) is 0 Å². The summed E-state index contributed by atoms with van der Waals surface area (Å²) in [7, 11) is 3.20. The lowest BCUT2D eigenvalue weighted by molar-refractivity contribution is -0.146. The lowest BCUT2D eigenvalue weighted by Crippen LogP contribution is -2.26. The summed E-state index contributed by atoms with van der Waals surface area (Å²) in [6, 6.07) is 3.75. The van der Waals surface area contributed by atoms with Gasteiger partial charge < -0.3 is 14.6 Å². The van der Waals surface area contributed by atoms with E-state index in [-0.39, 0.29) is 0 Å². The molecule has 0 aromatic heterocycles. The average Bonchev–Trinajstić information content (AvgIpc) is 2.37. The Bertz CT molecular complexity index is 463. The zero-order valence-electron chi connectivity index (χ0n) is 12.2. The average molecular weight is 266 g/mol. The molecule has 0 aliphatic rings. The molecule has 1 aromatic carbocycles. The van der Waals surface area contributed by atoms with Crippen molar-refractivity contribution in [2.24, 2.45) is 5.41 Å². The summed E-state index contributed by atoms with van der Waals surface area (Å²) in [4.78, 5) is 11.2. The molecule has 0 saturated heterocycles. The quantitative estimate of drug-likeness (QED) is 0.860. The standard InChI is InChI=1S/C15H22O4/c1-6-11-10(9-15(2,3)14(16)17)7-8-12(18-4)13(11)19-5/h7-8H,6,9H2,1-5H3,(H,16,17). The van der Waals surface area contributed by atoms with Crippen LogP contribution in [0.15, 0.2) is 12.1 Å². The fourth-order valence-corrected chi connectivity index (χ4v) is 2.14. The lowest BCUT2D eigenvalue weighted by Gasteiger charge is -2.22. The summed E-state index contributed by atoms with van der Waals surface area (Å²) < 4.78 is 10.7. The van der Waals surface area contributed by atoms with E-state index in [0.29, 0.717) is 17.9 Å². The first-order valence-corrected chi connectivity index (χ1v) is 6.33. The van der Waals surface area contributed by atoms with Gasteiger partial charge >= 0.3 is 5.97 Å². The molecule has 106 valence electrons. The van der Waals surface area contributed by atoms with Crippen LogP contribution in [0.5, 0.6) is 11.5 Å². The molecule has 0 aliphatic carbocycles. The maximum atomic E-state index is 11.2. The number of carbonyl (C=O) groups is 1. The number of methoxy groups -OCH3 is 2. The molecule has 1 aromatic rings. The summed E-state index contributed by atoms with van der Waals surface area (Å²) in [5.74, 6) is 0.573. The smallest absolute Gasteiger partial charge is 0.309 e. The van der Waals surface area contributed by atoms with Gasteiger partial charge in [0.1, 0.15) is 0 Å². The van der Waals surface area contributed by atoms with Crippen LogP contribution in [-0.2, 0) is 17.6 Å². The zero-order valence-corrected chi connectivity index (χ0v) is 12.2. The second-order valence-electron chi connectivity index (χ2n) is 5.16. The highest BCUT2D eigenvalue weighted by atomic mass is 16.5. The molecule has 0 fully saturated rings. The van der Waals surface area contributed by atoms with Crippen molar-refractivity contribution < 1.29 is 19.4 Å². The van der Waals surface area contributed by atoms with E-state index in [1.54, 1.807) is 28.1 Å². The second kappa shape index (κ2) is 5.95. The Hall–Kier alpha value is -1.71. The van der Waals surface area contributed by atoms with E-state index >= 15 is 0 Å². The molecular weight excluding hydrogens is 244 g/mol. The van der Waals surface area contributed by atoms with Crippen LogP contribution < -0.4 is 9.47 Å². The number of ether oxygens (including phenoxy) is 2. The Kier molecular flexibility index (Phi) is 4.81. The van der Waals surface area contributed by atoms with Crippen LogP contribution in [-0.4, -0.2) is 25.3 Å². The Labute approximate surface area is 114 Å². The Balaban J connectivity index is 3.26. The van der Waals surface area contributed by atoms with E-state index < -0.39 is 11.4 Å². The molecule has 0 atom stereocenters. The molecule has 4 nitrogen and oxygen atoms in total. The van der Waals surface area contributed by atoms with Crippen molar-refractivity contribution in [1.82, 2.24) is 0 Å². The molecular formula is C15H22O4. The van der Waals surface area contributed by atoms with Crippen LogP contribution in [0.25, 0.3) is 0 Å². The van der Waals surface area contributed by atoms with Crippen molar-refractivity contribution in [2.45, 2.75) is 33.6 Å². The van der Waals surface area contributed by atoms with E-state index in [9.17, 15) is 9.90 Å².